The van der Waals surface area contributed by atoms with Crippen LogP contribution in [0.3, 0.4) is 0 Å². The zero-order chi connectivity index (χ0) is 27.9. The lowest BCUT2D eigenvalue weighted by Crippen LogP contribution is -2.18. The number of unbranched alkanes of at least 4 members (excludes halogenated alkanes) is 22. The molecule has 0 bridgehead atoms. The minimum absolute atomic E-state index is 0.109. The van der Waals surface area contributed by atoms with Crippen LogP contribution in [0.4, 0.5) is 0 Å². The minimum atomic E-state index is -0.781. The van der Waals surface area contributed by atoms with Crippen molar-refractivity contribution in [3.63, 3.8) is 0 Å². The predicted octanol–water partition coefficient (Wildman–Crippen LogP) is 11.3. The lowest BCUT2D eigenvalue weighted by atomic mass is 10.0. The third-order valence-electron chi connectivity index (χ3n) is 7.81. The second-order valence-electron chi connectivity index (χ2n) is 11.7. The van der Waals surface area contributed by atoms with E-state index >= 15 is 0 Å². The normalized spacial score (nSPS) is 12.1. The van der Waals surface area contributed by atoms with Gasteiger partial charge in [0.15, 0.2) is 0 Å². The number of esters is 1. The average Bonchev–Trinajstić information content (AvgIpc) is 2.89. The standard InChI is InChI=1S/C34H66O4/c1-3-5-6-7-8-9-10-11-12-13-14-15-16-17-18-19-20-21-22-23-24-25-26-31-34(37)38-32(28-4-2)29-27-30-33(35)36/h32H,3-31H2,1-2H3,(H,35,36). The van der Waals surface area contributed by atoms with E-state index in [0.29, 0.717) is 19.3 Å². The van der Waals surface area contributed by atoms with Gasteiger partial charge in [-0.15, -0.1) is 0 Å². The summed E-state index contributed by atoms with van der Waals surface area (Å²) < 4.78 is 5.59. The Hall–Kier alpha value is -1.06. The van der Waals surface area contributed by atoms with Crippen molar-refractivity contribution in [1.82, 2.24) is 0 Å². The Balaban J connectivity index is 3.31. The molecule has 38 heavy (non-hydrogen) atoms. The number of aliphatic carboxylic acids is 1. The Bertz CT molecular complexity index is 505. The molecule has 0 fully saturated rings. The topological polar surface area (TPSA) is 63.6 Å². The van der Waals surface area contributed by atoms with Crippen molar-refractivity contribution < 1.29 is 19.4 Å². The number of ether oxygens (including phenoxy) is 1. The fourth-order valence-electron chi connectivity index (χ4n) is 5.36. The van der Waals surface area contributed by atoms with Crippen LogP contribution < -0.4 is 0 Å². The third kappa shape index (κ3) is 29.5. The minimum Gasteiger partial charge on any atom is -0.481 e. The molecule has 4 heteroatoms. The number of carboxylic acid groups (broad SMARTS) is 1. The Morgan fingerprint density at radius 2 is 0.842 bits per heavy atom. The fourth-order valence-corrected chi connectivity index (χ4v) is 5.36. The molecular weight excluding hydrogens is 472 g/mol. The molecule has 0 spiro atoms. The van der Waals surface area contributed by atoms with Gasteiger partial charge in [0.05, 0.1) is 0 Å². The molecule has 226 valence electrons. The highest BCUT2D eigenvalue weighted by Crippen LogP contribution is 2.17. The van der Waals surface area contributed by atoms with Crippen LogP contribution >= 0.6 is 0 Å². The maximum Gasteiger partial charge on any atom is 0.306 e. The van der Waals surface area contributed by atoms with Gasteiger partial charge in [-0.05, 0) is 25.7 Å². The van der Waals surface area contributed by atoms with E-state index in [-0.39, 0.29) is 18.5 Å². The van der Waals surface area contributed by atoms with Crippen molar-refractivity contribution >= 4 is 11.9 Å². The molecule has 4 nitrogen and oxygen atoms in total. The summed E-state index contributed by atoms with van der Waals surface area (Å²) in [5.41, 5.74) is 0. The van der Waals surface area contributed by atoms with Gasteiger partial charge in [0.1, 0.15) is 6.10 Å². The molecule has 0 heterocycles. The summed E-state index contributed by atoms with van der Waals surface area (Å²) in [6, 6.07) is 0. The van der Waals surface area contributed by atoms with E-state index in [1.165, 1.54) is 135 Å². The van der Waals surface area contributed by atoms with Crippen LogP contribution in [0, 0.1) is 0 Å². The maximum absolute atomic E-state index is 12.1. The highest BCUT2D eigenvalue weighted by molar-refractivity contribution is 5.69. The summed E-state index contributed by atoms with van der Waals surface area (Å²) in [7, 11) is 0. The Morgan fingerprint density at radius 3 is 1.18 bits per heavy atom. The first-order valence-corrected chi connectivity index (χ1v) is 17.0. The molecule has 0 radical (unpaired) electrons. The number of hydrogen-bond donors (Lipinski definition) is 1. The molecule has 0 amide bonds. The first-order chi connectivity index (χ1) is 18.6. The molecule has 0 aromatic heterocycles. The highest BCUT2D eigenvalue weighted by atomic mass is 16.5. The lowest BCUT2D eigenvalue weighted by Gasteiger charge is -2.17. The molecule has 1 N–H and O–H groups in total. The summed E-state index contributed by atoms with van der Waals surface area (Å²) >= 11 is 0. The van der Waals surface area contributed by atoms with Gasteiger partial charge < -0.3 is 9.84 Å². The highest BCUT2D eigenvalue weighted by Gasteiger charge is 2.14. The van der Waals surface area contributed by atoms with Crippen molar-refractivity contribution in [2.45, 2.75) is 206 Å². The SMILES string of the molecule is CCCCCCCCCCCCCCCCCCCCCCCCCC(=O)OC(CCC)CCCC(=O)O. The van der Waals surface area contributed by atoms with Gasteiger partial charge in [-0.1, -0.05) is 162 Å². The van der Waals surface area contributed by atoms with Crippen molar-refractivity contribution in [3.05, 3.63) is 0 Å². The Labute approximate surface area is 237 Å². The quantitative estimate of drug-likeness (QED) is 0.0704. The molecule has 1 atom stereocenters. The number of carbonyl (C=O) groups excluding carboxylic acids is 1. The van der Waals surface area contributed by atoms with Gasteiger partial charge >= 0.3 is 11.9 Å². The fraction of sp³-hybridized carbons (Fsp3) is 0.941. The first kappa shape index (κ1) is 36.9. The van der Waals surface area contributed by atoms with Crippen LogP contribution in [0.1, 0.15) is 200 Å². The zero-order valence-corrected chi connectivity index (χ0v) is 25.8. The van der Waals surface area contributed by atoms with E-state index in [9.17, 15) is 9.59 Å². The number of rotatable bonds is 31. The largest absolute Gasteiger partial charge is 0.481 e. The van der Waals surface area contributed by atoms with E-state index < -0.39 is 5.97 Å². The molecule has 0 aromatic carbocycles. The molecule has 0 saturated carbocycles. The molecule has 0 aliphatic carbocycles. The van der Waals surface area contributed by atoms with Crippen molar-refractivity contribution in [2.75, 3.05) is 0 Å². The summed E-state index contributed by atoms with van der Waals surface area (Å²) in [5, 5.41) is 8.78. The van der Waals surface area contributed by atoms with E-state index in [0.717, 1.165) is 25.7 Å². The van der Waals surface area contributed by atoms with Crippen LogP contribution in [-0.2, 0) is 14.3 Å². The van der Waals surface area contributed by atoms with Gasteiger partial charge in [0, 0.05) is 12.8 Å². The molecule has 0 aromatic rings. The number of carboxylic acids is 1. The van der Waals surface area contributed by atoms with Gasteiger partial charge in [-0.2, -0.15) is 0 Å². The molecular formula is C34H66O4. The Morgan fingerprint density at radius 1 is 0.474 bits per heavy atom. The van der Waals surface area contributed by atoms with Gasteiger partial charge in [-0.3, -0.25) is 9.59 Å². The molecule has 0 aliphatic rings. The molecule has 0 saturated heterocycles. The van der Waals surface area contributed by atoms with Crippen molar-refractivity contribution in [1.29, 1.82) is 0 Å². The summed E-state index contributed by atoms with van der Waals surface area (Å²) in [5.74, 6) is -0.890. The zero-order valence-electron chi connectivity index (χ0n) is 25.8. The predicted molar refractivity (Wildman–Crippen MR) is 163 cm³/mol. The van der Waals surface area contributed by atoms with E-state index in [2.05, 4.69) is 13.8 Å². The monoisotopic (exact) mass is 538 g/mol. The van der Waals surface area contributed by atoms with Crippen molar-refractivity contribution in [3.8, 4) is 0 Å². The van der Waals surface area contributed by atoms with E-state index in [4.69, 9.17) is 9.84 Å². The second kappa shape index (κ2) is 30.5. The smallest absolute Gasteiger partial charge is 0.306 e. The summed E-state index contributed by atoms with van der Waals surface area (Å²) in [6.07, 6.45) is 35.1. The van der Waals surface area contributed by atoms with Crippen LogP contribution in [0.5, 0.6) is 0 Å². The van der Waals surface area contributed by atoms with Gasteiger partial charge in [0.2, 0.25) is 0 Å². The average molecular weight is 539 g/mol. The van der Waals surface area contributed by atoms with Crippen LogP contribution in [0.15, 0.2) is 0 Å². The van der Waals surface area contributed by atoms with Crippen LogP contribution in [-0.4, -0.2) is 23.1 Å². The molecule has 0 aliphatic heterocycles. The molecule has 0 rings (SSSR count). The van der Waals surface area contributed by atoms with Gasteiger partial charge in [0.25, 0.3) is 0 Å². The number of carbonyl (C=O) groups is 2. The van der Waals surface area contributed by atoms with E-state index in [1.807, 2.05) is 0 Å². The number of hydrogen-bond acceptors (Lipinski definition) is 3. The first-order valence-electron chi connectivity index (χ1n) is 17.0. The second-order valence-corrected chi connectivity index (χ2v) is 11.7. The van der Waals surface area contributed by atoms with Gasteiger partial charge in [-0.25, -0.2) is 0 Å². The third-order valence-corrected chi connectivity index (χ3v) is 7.81. The summed E-state index contributed by atoms with van der Waals surface area (Å²) in [4.78, 5) is 22.8. The maximum atomic E-state index is 12.1. The lowest BCUT2D eigenvalue weighted by molar-refractivity contribution is -0.150. The summed E-state index contributed by atoms with van der Waals surface area (Å²) in [6.45, 7) is 4.36. The molecule has 1 unspecified atom stereocenters. The van der Waals surface area contributed by atoms with Crippen LogP contribution in [0.2, 0.25) is 0 Å². The van der Waals surface area contributed by atoms with Crippen molar-refractivity contribution in [2.24, 2.45) is 0 Å². The van der Waals surface area contributed by atoms with Crippen LogP contribution in [0.25, 0.3) is 0 Å². The van der Waals surface area contributed by atoms with E-state index in [1.54, 1.807) is 0 Å². The Kier molecular flexibility index (Phi) is 29.6.